The third kappa shape index (κ3) is 4.28. The maximum absolute atomic E-state index is 13.4. The van der Waals surface area contributed by atoms with Crippen LogP contribution in [-0.4, -0.2) is 30.5 Å². The number of Topliss-reactive ketones (excluding diaryl/α,β-unsaturated/α-hetero) is 1. The van der Waals surface area contributed by atoms with Crippen molar-refractivity contribution in [2.75, 3.05) is 18.6 Å². The van der Waals surface area contributed by atoms with Crippen LogP contribution in [0.3, 0.4) is 0 Å². The summed E-state index contributed by atoms with van der Waals surface area (Å²) in [6.45, 7) is 8.05. The van der Waals surface area contributed by atoms with E-state index in [1.54, 1.807) is 37.4 Å². The molecule has 1 aliphatic rings. The van der Waals surface area contributed by atoms with Gasteiger partial charge in [0.25, 0.3) is 11.7 Å². The molecular formula is C29H29NO5. The molecule has 0 aliphatic carbocycles. The molecule has 4 rings (SSSR count). The Balaban J connectivity index is 1.94. The first-order valence-electron chi connectivity index (χ1n) is 11.5. The number of rotatable bonds is 6. The second kappa shape index (κ2) is 9.66. The molecule has 1 fully saturated rings. The summed E-state index contributed by atoms with van der Waals surface area (Å²) in [5, 5.41) is 11.5. The lowest BCUT2D eigenvalue weighted by molar-refractivity contribution is -0.132. The maximum atomic E-state index is 13.4. The van der Waals surface area contributed by atoms with E-state index in [2.05, 4.69) is 0 Å². The molecule has 1 aliphatic heterocycles. The Morgan fingerprint density at radius 3 is 2.26 bits per heavy atom. The SMILES string of the molecule is CCOc1ccc(N2C(=O)C(=O)/C(=C(/O)c3cc(C)c(OC)cc3C)C2c2ccccc2C)cc1. The maximum Gasteiger partial charge on any atom is 0.300 e. The van der Waals surface area contributed by atoms with Crippen LogP contribution < -0.4 is 14.4 Å². The van der Waals surface area contributed by atoms with Gasteiger partial charge >= 0.3 is 0 Å². The predicted octanol–water partition coefficient (Wildman–Crippen LogP) is 5.65. The van der Waals surface area contributed by atoms with Gasteiger partial charge in [0, 0.05) is 11.3 Å². The molecular weight excluding hydrogens is 442 g/mol. The smallest absolute Gasteiger partial charge is 0.300 e. The van der Waals surface area contributed by atoms with Crippen molar-refractivity contribution in [3.05, 3.63) is 94.1 Å². The van der Waals surface area contributed by atoms with Crippen LogP contribution in [0.2, 0.25) is 0 Å². The van der Waals surface area contributed by atoms with Gasteiger partial charge in [0.15, 0.2) is 0 Å². The van der Waals surface area contributed by atoms with Gasteiger partial charge in [0.2, 0.25) is 0 Å². The molecule has 1 N–H and O–H groups in total. The molecule has 6 nitrogen and oxygen atoms in total. The Morgan fingerprint density at radius 2 is 1.63 bits per heavy atom. The standard InChI is InChI=1S/C29H29NO5/c1-6-35-21-13-11-20(12-14-21)30-26(22-10-8-7-9-17(22)2)25(28(32)29(30)33)27(31)23-15-19(4)24(34-5)16-18(23)3/h7-16,26,31H,6H2,1-5H3/b27-25+. The summed E-state index contributed by atoms with van der Waals surface area (Å²) in [6.07, 6.45) is 0. The lowest BCUT2D eigenvalue weighted by Gasteiger charge is -2.27. The quantitative estimate of drug-likeness (QED) is 0.286. The topological polar surface area (TPSA) is 76.1 Å². The monoisotopic (exact) mass is 471 g/mol. The third-order valence-electron chi connectivity index (χ3n) is 6.35. The van der Waals surface area contributed by atoms with Gasteiger partial charge in [-0.15, -0.1) is 0 Å². The molecule has 35 heavy (non-hydrogen) atoms. The van der Waals surface area contributed by atoms with Crippen LogP contribution in [0.15, 0.2) is 66.2 Å². The second-order valence-corrected chi connectivity index (χ2v) is 8.59. The number of amides is 1. The van der Waals surface area contributed by atoms with Crippen LogP contribution in [0.4, 0.5) is 5.69 Å². The molecule has 0 radical (unpaired) electrons. The number of aryl methyl sites for hydroxylation is 3. The van der Waals surface area contributed by atoms with Crippen LogP contribution in [-0.2, 0) is 9.59 Å². The summed E-state index contributed by atoms with van der Waals surface area (Å²) in [7, 11) is 1.59. The van der Waals surface area contributed by atoms with Crippen molar-refractivity contribution in [1.29, 1.82) is 0 Å². The minimum Gasteiger partial charge on any atom is -0.507 e. The van der Waals surface area contributed by atoms with Crippen LogP contribution in [0, 0.1) is 20.8 Å². The fourth-order valence-corrected chi connectivity index (χ4v) is 4.57. The molecule has 1 saturated heterocycles. The van der Waals surface area contributed by atoms with Gasteiger partial charge in [-0.05, 0) is 86.3 Å². The molecule has 0 aromatic heterocycles. The number of ketones is 1. The number of hydrogen-bond donors (Lipinski definition) is 1. The molecule has 180 valence electrons. The van der Waals surface area contributed by atoms with Gasteiger partial charge in [-0.25, -0.2) is 0 Å². The predicted molar refractivity (Wildman–Crippen MR) is 136 cm³/mol. The van der Waals surface area contributed by atoms with Gasteiger partial charge in [-0.1, -0.05) is 24.3 Å². The second-order valence-electron chi connectivity index (χ2n) is 8.59. The van der Waals surface area contributed by atoms with E-state index >= 15 is 0 Å². The Bertz CT molecular complexity index is 1320. The first kappa shape index (κ1) is 24.1. The van der Waals surface area contributed by atoms with E-state index in [9.17, 15) is 14.7 Å². The summed E-state index contributed by atoms with van der Waals surface area (Å²) in [4.78, 5) is 28.3. The van der Waals surface area contributed by atoms with Crippen LogP contribution in [0.25, 0.3) is 5.76 Å². The zero-order valence-electron chi connectivity index (χ0n) is 20.6. The van der Waals surface area contributed by atoms with E-state index in [-0.39, 0.29) is 11.3 Å². The Labute approximate surface area is 205 Å². The average molecular weight is 472 g/mol. The van der Waals surface area contributed by atoms with E-state index in [1.807, 2.05) is 58.0 Å². The molecule has 0 saturated carbocycles. The molecule has 3 aromatic carbocycles. The van der Waals surface area contributed by atoms with Crippen LogP contribution in [0.5, 0.6) is 11.5 Å². The molecule has 1 heterocycles. The summed E-state index contributed by atoms with van der Waals surface area (Å²) in [5.74, 6) is -0.258. The number of benzene rings is 3. The number of carbonyl (C=O) groups excluding carboxylic acids is 2. The van der Waals surface area contributed by atoms with Gasteiger partial charge in [-0.2, -0.15) is 0 Å². The van der Waals surface area contributed by atoms with Crippen molar-refractivity contribution in [1.82, 2.24) is 0 Å². The largest absolute Gasteiger partial charge is 0.507 e. The molecule has 0 bridgehead atoms. The Kier molecular flexibility index (Phi) is 6.65. The van der Waals surface area contributed by atoms with Crippen LogP contribution >= 0.6 is 0 Å². The zero-order valence-corrected chi connectivity index (χ0v) is 20.6. The van der Waals surface area contributed by atoms with E-state index in [0.29, 0.717) is 29.4 Å². The van der Waals surface area contributed by atoms with E-state index < -0.39 is 17.7 Å². The summed E-state index contributed by atoms with van der Waals surface area (Å²) < 4.78 is 10.9. The number of carbonyl (C=O) groups is 2. The van der Waals surface area contributed by atoms with Crippen molar-refractivity contribution in [2.45, 2.75) is 33.7 Å². The molecule has 6 heteroatoms. The van der Waals surface area contributed by atoms with Gasteiger partial charge in [-0.3, -0.25) is 14.5 Å². The summed E-state index contributed by atoms with van der Waals surface area (Å²) in [6, 6.07) is 17.4. The van der Waals surface area contributed by atoms with Crippen molar-refractivity contribution in [3.8, 4) is 11.5 Å². The number of ether oxygens (including phenoxy) is 2. The normalized spacial score (nSPS) is 17.1. The van der Waals surface area contributed by atoms with E-state index in [4.69, 9.17) is 9.47 Å². The first-order valence-corrected chi connectivity index (χ1v) is 11.5. The molecule has 1 unspecified atom stereocenters. The minimum atomic E-state index is -0.782. The summed E-state index contributed by atoms with van der Waals surface area (Å²) >= 11 is 0. The lowest BCUT2D eigenvalue weighted by atomic mass is 9.91. The highest BCUT2D eigenvalue weighted by Crippen LogP contribution is 2.44. The molecule has 3 aromatic rings. The van der Waals surface area contributed by atoms with Crippen molar-refractivity contribution in [2.24, 2.45) is 0 Å². The van der Waals surface area contributed by atoms with Crippen molar-refractivity contribution in [3.63, 3.8) is 0 Å². The lowest BCUT2D eigenvalue weighted by Crippen LogP contribution is -2.29. The summed E-state index contributed by atoms with van der Waals surface area (Å²) in [5.41, 5.74) is 4.32. The number of aliphatic hydroxyl groups excluding tert-OH is 1. The fraction of sp³-hybridized carbons (Fsp3) is 0.241. The number of methoxy groups -OCH3 is 1. The molecule has 1 amide bonds. The average Bonchev–Trinajstić information content (AvgIpc) is 3.11. The number of aliphatic hydroxyl groups is 1. The zero-order chi connectivity index (χ0) is 25.3. The Hall–Kier alpha value is -4.06. The number of anilines is 1. The first-order chi connectivity index (χ1) is 16.8. The highest BCUT2D eigenvalue weighted by atomic mass is 16.5. The third-order valence-corrected chi connectivity index (χ3v) is 6.35. The molecule has 0 spiro atoms. The van der Waals surface area contributed by atoms with E-state index in [0.717, 1.165) is 22.3 Å². The van der Waals surface area contributed by atoms with Gasteiger partial charge in [0.05, 0.1) is 25.3 Å². The number of nitrogens with zero attached hydrogens (tertiary/aromatic N) is 1. The fourth-order valence-electron chi connectivity index (χ4n) is 4.57. The van der Waals surface area contributed by atoms with Crippen molar-refractivity contribution >= 4 is 23.1 Å². The van der Waals surface area contributed by atoms with Gasteiger partial charge in [0.1, 0.15) is 17.3 Å². The Morgan fingerprint density at radius 1 is 0.943 bits per heavy atom. The van der Waals surface area contributed by atoms with E-state index in [1.165, 1.54) is 4.90 Å². The van der Waals surface area contributed by atoms with Gasteiger partial charge < -0.3 is 14.6 Å². The van der Waals surface area contributed by atoms with Crippen LogP contribution in [0.1, 0.15) is 40.8 Å². The highest BCUT2D eigenvalue weighted by molar-refractivity contribution is 6.51. The molecule has 1 atom stereocenters. The highest BCUT2D eigenvalue weighted by Gasteiger charge is 2.47. The van der Waals surface area contributed by atoms with Crippen molar-refractivity contribution < 1.29 is 24.2 Å². The minimum absolute atomic E-state index is 0.0610. The number of hydrogen-bond acceptors (Lipinski definition) is 5.